The van der Waals surface area contributed by atoms with Gasteiger partial charge in [-0.3, -0.25) is 4.79 Å². The van der Waals surface area contributed by atoms with E-state index in [9.17, 15) is 4.79 Å². The number of aromatic nitrogens is 2. The van der Waals surface area contributed by atoms with Crippen molar-refractivity contribution in [2.75, 3.05) is 25.2 Å². The molecule has 3 heterocycles. The van der Waals surface area contributed by atoms with Gasteiger partial charge in [0, 0.05) is 44.0 Å². The predicted molar refractivity (Wildman–Crippen MR) is 79.3 cm³/mol. The third-order valence-corrected chi connectivity index (χ3v) is 3.78. The molecule has 2 aliphatic heterocycles. The minimum atomic E-state index is -0.215. The molecular weight excluding hydrogens is 284 g/mol. The number of amides is 1. The summed E-state index contributed by atoms with van der Waals surface area (Å²) < 4.78 is 12.6. The first-order valence-electron chi connectivity index (χ1n) is 7.27. The number of anilines is 1. The molecule has 0 fully saturated rings. The molecule has 0 bridgehead atoms. The van der Waals surface area contributed by atoms with E-state index in [-0.39, 0.29) is 12.7 Å². The smallest absolute Gasteiger partial charge is 0.275 e. The fourth-order valence-electron chi connectivity index (χ4n) is 2.65. The summed E-state index contributed by atoms with van der Waals surface area (Å²) in [4.78, 5) is 16.8. The normalized spacial score (nSPS) is 16.0. The Balaban J connectivity index is 1.52. The predicted octanol–water partition coefficient (Wildman–Crippen LogP) is 1.01. The molecule has 4 rings (SSSR count). The van der Waals surface area contributed by atoms with Crippen LogP contribution in [0.4, 0.5) is 5.69 Å². The second kappa shape index (κ2) is 5.34. The number of benzene rings is 1. The van der Waals surface area contributed by atoms with E-state index < -0.39 is 0 Å². The van der Waals surface area contributed by atoms with E-state index >= 15 is 0 Å². The van der Waals surface area contributed by atoms with Crippen LogP contribution >= 0.6 is 0 Å². The van der Waals surface area contributed by atoms with Crippen LogP contribution in [0.5, 0.6) is 11.5 Å². The minimum Gasteiger partial charge on any atom is -0.454 e. The second-order valence-electron chi connectivity index (χ2n) is 5.26. The maximum atomic E-state index is 12.3. The number of rotatable bonds is 2. The zero-order valence-electron chi connectivity index (χ0n) is 12.0. The summed E-state index contributed by atoms with van der Waals surface area (Å²) in [5.41, 5.74) is 1.11. The third-order valence-electron chi connectivity index (χ3n) is 3.78. The number of fused-ring (bicyclic) bond motifs is 2. The number of nitrogens with one attached hydrogen (secondary N) is 2. The lowest BCUT2D eigenvalue weighted by Gasteiger charge is -2.04. The Labute approximate surface area is 127 Å². The Morgan fingerprint density at radius 1 is 1.27 bits per heavy atom. The zero-order chi connectivity index (χ0) is 14.9. The fourth-order valence-corrected chi connectivity index (χ4v) is 2.65. The molecule has 2 N–H and O–H groups in total. The Morgan fingerprint density at radius 2 is 2.18 bits per heavy atom. The summed E-state index contributed by atoms with van der Waals surface area (Å²) >= 11 is 0. The molecule has 7 heteroatoms. The van der Waals surface area contributed by atoms with Gasteiger partial charge in [-0.15, -0.1) is 0 Å². The topological polar surface area (TPSA) is 77.4 Å². The lowest BCUT2D eigenvalue weighted by atomic mass is 10.2. The third kappa shape index (κ3) is 2.39. The van der Waals surface area contributed by atoms with Crippen molar-refractivity contribution < 1.29 is 14.3 Å². The van der Waals surface area contributed by atoms with Crippen LogP contribution in [0, 0.1) is 0 Å². The average Bonchev–Trinajstić information content (AvgIpc) is 3.09. The van der Waals surface area contributed by atoms with Gasteiger partial charge in [0.05, 0.1) is 0 Å². The van der Waals surface area contributed by atoms with Gasteiger partial charge >= 0.3 is 0 Å². The monoisotopic (exact) mass is 300 g/mol. The van der Waals surface area contributed by atoms with E-state index in [0.29, 0.717) is 22.9 Å². The van der Waals surface area contributed by atoms with Gasteiger partial charge in [-0.05, 0) is 12.1 Å². The van der Waals surface area contributed by atoms with E-state index in [1.54, 1.807) is 18.2 Å². The van der Waals surface area contributed by atoms with Crippen LogP contribution in [0.15, 0.2) is 24.4 Å². The van der Waals surface area contributed by atoms with E-state index in [0.717, 1.165) is 31.9 Å². The molecule has 0 saturated heterocycles. The maximum Gasteiger partial charge on any atom is 0.275 e. The van der Waals surface area contributed by atoms with E-state index in [4.69, 9.17) is 9.47 Å². The van der Waals surface area contributed by atoms with Gasteiger partial charge in [0.1, 0.15) is 11.5 Å². The highest BCUT2D eigenvalue weighted by molar-refractivity contribution is 6.03. The van der Waals surface area contributed by atoms with Crippen molar-refractivity contribution >= 4 is 11.6 Å². The van der Waals surface area contributed by atoms with Crippen molar-refractivity contribution in [3.05, 3.63) is 35.9 Å². The molecule has 0 aliphatic carbocycles. The fraction of sp³-hybridized carbons (Fsp3) is 0.333. The van der Waals surface area contributed by atoms with Gasteiger partial charge in [0.25, 0.3) is 5.91 Å². The molecule has 0 radical (unpaired) electrons. The van der Waals surface area contributed by atoms with Crippen molar-refractivity contribution in [1.82, 2.24) is 14.9 Å². The zero-order valence-corrected chi connectivity index (χ0v) is 12.0. The first-order chi connectivity index (χ1) is 10.8. The number of carbonyl (C=O) groups excluding carboxylic acids is 1. The molecule has 1 amide bonds. The average molecular weight is 300 g/mol. The molecule has 0 unspecified atom stereocenters. The van der Waals surface area contributed by atoms with E-state index in [2.05, 4.69) is 15.6 Å². The van der Waals surface area contributed by atoms with Crippen LogP contribution in [-0.4, -0.2) is 35.3 Å². The number of imidazole rings is 1. The van der Waals surface area contributed by atoms with Gasteiger partial charge in [-0.2, -0.15) is 0 Å². The van der Waals surface area contributed by atoms with Crippen molar-refractivity contribution in [3.8, 4) is 11.5 Å². The standard InChI is InChI=1S/C15H16N4O3/c20-15(11-8-19-6-5-16-4-3-14(19)18-11)17-10-1-2-12-13(7-10)22-9-21-12/h1-2,7-8,16H,3-6,9H2,(H,17,20). The Morgan fingerprint density at radius 3 is 3.14 bits per heavy atom. The molecule has 2 aliphatic rings. The highest BCUT2D eigenvalue weighted by Crippen LogP contribution is 2.34. The number of hydrogen-bond acceptors (Lipinski definition) is 5. The molecule has 7 nitrogen and oxygen atoms in total. The number of ether oxygens (including phenoxy) is 2. The summed E-state index contributed by atoms with van der Waals surface area (Å²) in [6.45, 7) is 2.83. The number of nitrogens with zero attached hydrogens (tertiary/aromatic N) is 2. The SMILES string of the molecule is O=C(Nc1ccc2c(c1)OCO2)c1cn2c(n1)CCNCC2. The Bertz CT molecular complexity index is 702. The van der Waals surface area contributed by atoms with Gasteiger partial charge in [-0.1, -0.05) is 0 Å². The summed E-state index contributed by atoms with van der Waals surface area (Å²) in [5.74, 6) is 2.07. The van der Waals surface area contributed by atoms with Crippen LogP contribution in [-0.2, 0) is 13.0 Å². The quantitative estimate of drug-likeness (QED) is 0.865. The van der Waals surface area contributed by atoms with Crippen LogP contribution in [0.25, 0.3) is 0 Å². The van der Waals surface area contributed by atoms with Crippen molar-refractivity contribution in [2.24, 2.45) is 0 Å². The summed E-state index contributed by atoms with van der Waals surface area (Å²) in [6, 6.07) is 5.33. The van der Waals surface area contributed by atoms with Crippen LogP contribution in [0.2, 0.25) is 0 Å². The molecule has 0 atom stereocenters. The van der Waals surface area contributed by atoms with Crippen molar-refractivity contribution in [1.29, 1.82) is 0 Å². The highest BCUT2D eigenvalue weighted by atomic mass is 16.7. The van der Waals surface area contributed by atoms with Gasteiger partial charge in [0.15, 0.2) is 11.5 Å². The lowest BCUT2D eigenvalue weighted by molar-refractivity contribution is 0.102. The molecule has 114 valence electrons. The second-order valence-corrected chi connectivity index (χ2v) is 5.26. The summed E-state index contributed by atoms with van der Waals surface area (Å²) in [6.07, 6.45) is 2.64. The summed E-state index contributed by atoms with van der Waals surface area (Å²) in [7, 11) is 0. The molecule has 2 aromatic rings. The van der Waals surface area contributed by atoms with Crippen molar-refractivity contribution in [3.63, 3.8) is 0 Å². The molecule has 1 aromatic heterocycles. The van der Waals surface area contributed by atoms with Crippen molar-refractivity contribution in [2.45, 2.75) is 13.0 Å². The van der Waals surface area contributed by atoms with Gasteiger partial charge in [0.2, 0.25) is 6.79 Å². The van der Waals surface area contributed by atoms with Crippen LogP contribution in [0.1, 0.15) is 16.3 Å². The first-order valence-corrected chi connectivity index (χ1v) is 7.27. The van der Waals surface area contributed by atoms with Crippen LogP contribution in [0.3, 0.4) is 0 Å². The number of carbonyl (C=O) groups is 1. The lowest BCUT2D eigenvalue weighted by Crippen LogP contribution is -2.18. The van der Waals surface area contributed by atoms with Gasteiger partial charge < -0.3 is 24.7 Å². The summed E-state index contributed by atoms with van der Waals surface area (Å²) in [5, 5.41) is 6.15. The van der Waals surface area contributed by atoms with E-state index in [1.807, 2.05) is 10.8 Å². The largest absolute Gasteiger partial charge is 0.454 e. The molecule has 1 aromatic carbocycles. The molecular formula is C15H16N4O3. The highest BCUT2D eigenvalue weighted by Gasteiger charge is 2.18. The maximum absolute atomic E-state index is 12.3. The first kappa shape index (κ1) is 13.1. The minimum absolute atomic E-state index is 0.215. The molecule has 0 saturated carbocycles. The van der Waals surface area contributed by atoms with E-state index in [1.165, 1.54) is 0 Å². The number of hydrogen-bond donors (Lipinski definition) is 2. The Kier molecular flexibility index (Phi) is 3.19. The molecule has 22 heavy (non-hydrogen) atoms. The van der Waals surface area contributed by atoms with Gasteiger partial charge in [-0.25, -0.2) is 4.98 Å². The Hall–Kier alpha value is -2.54. The van der Waals surface area contributed by atoms with Crippen LogP contribution < -0.4 is 20.1 Å². The molecule has 0 spiro atoms.